The van der Waals surface area contributed by atoms with E-state index in [-0.39, 0.29) is 12.0 Å². The highest BCUT2D eigenvalue weighted by Gasteiger charge is 2.44. The molecule has 26 heavy (non-hydrogen) atoms. The van der Waals surface area contributed by atoms with Gasteiger partial charge in [-0.25, -0.2) is 9.59 Å². The molecule has 0 aliphatic carbocycles. The van der Waals surface area contributed by atoms with Crippen LogP contribution in [0.4, 0.5) is 4.79 Å². The zero-order chi connectivity index (χ0) is 18.1. The van der Waals surface area contributed by atoms with Crippen LogP contribution in [0.3, 0.4) is 0 Å². The fraction of sp³-hybridized carbons (Fsp3) is 0.238. The fourth-order valence-corrected chi connectivity index (χ4v) is 3.71. The van der Waals surface area contributed by atoms with E-state index in [1.165, 1.54) is 0 Å². The summed E-state index contributed by atoms with van der Waals surface area (Å²) in [6, 6.07) is 18.6. The maximum Gasteiger partial charge on any atom is 0.338 e. The smallest absolute Gasteiger partial charge is 0.338 e. The second-order valence-corrected chi connectivity index (χ2v) is 7.01. The van der Waals surface area contributed by atoms with Crippen molar-refractivity contribution in [2.45, 2.75) is 31.4 Å². The summed E-state index contributed by atoms with van der Waals surface area (Å²) in [5.74, 6) is -0.383. The molecule has 2 N–H and O–H groups in total. The quantitative estimate of drug-likeness (QED) is 0.837. The van der Waals surface area contributed by atoms with E-state index in [0.717, 1.165) is 11.1 Å². The Labute approximate surface area is 152 Å². The Morgan fingerprint density at radius 1 is 1.04 bits per heavy atom. The van der Waals surface area contributed by atoms with Gasteiger partial charge in [-0.15, -0.1) is 0 Å². The van der Waals surface area contributed by atoms with Crippen LogP contribution in [0.15, 0.2) is 71.9 Å². The van der Waals surface area contributed by atoms with Crippen molar-refractivity contribution < 1.29 is 14.3 Å². The first kappa shape index (κ1) is 16.4. The molecule has 0 saturated carbocycles. The Kier molecular flexibility index (Phi) is 3.99. The standard InChI is InChI=1S/C21H20N2O3/c1-21(12-14-8-4-2-5-9-14)13-16-17(19(24)26-21)18(23-20(25)22-16)15-10-6-3-7-11-15/h2-11,18H,12-13H2,1H3,(H2,22,23,25). The molecule has 4 rings (SSSR count). The first-order valence-corrected chi connectivity index (χ1v) is 8.67. The zero-order valence-corrected chi connectivity index (χ0v) is 14.5. The van der Waals surface area contributed by atoms with E-state index in [1.54, 1.807) is 0 Å². The van der Waals surface area contributed by atoms with E-state index in [0.29, 0.717) is 24.1 Å². The Balaban J connectivity index is 1.68. The summed E-state index contributed by atoms with van der Waals surface area (Å²) in [4.78, 5) is 25.0. The molecule has 0 saturated heterocycles. The number of carbonyl (C=O) groups is 2. The van der Waals surface area contributed by atoms with Gasteiger partial charge >= 0.3 is 12.0 Å². The molecule has 0 fully saturated rings. The Morgan fingerprint density at radius 3 is 2.38 bits per heavy atom. The molecule has 2 atom stereocenters. The number of amides is 2. The number of rotatable bonds is 3. The zero-order valence-electron chi connectivity index (χ0n) is 14.5. The molecule has 0 radical (unpaired) electrons. The van der Waals surface area contributed by atoms with Crippen LogP contribution < -0.4 is 10.6 Å². The van der Waals surface area contributed by atoms with E-state index < -0.39 is 11.6 Å². The summed E-state index contributed by atoms with van der Waals surface area (Å²) in [7, 11) is 0. The molecule has 5 heteroatoms. The van der Waals surface area contributed by atoms with Gasteiger partial charge in [-0.3, -0.25) is 0 Å². The predicted molar refractivity (Wildman–Crippen MR) is 97.1 cm³/mol. The van der Waals surface area contributed by atoms with Gasteiger partial charge in [0.2, 0.25) is 0 Å². The van der Waals surface area contributed by atoms with Gasteiger partial charge in [0.1, 0.15) is 5.60 Å². The monoisotopic (exact) mass is 348 g/mol. The number of esters is 1. The Morgan fingerprint density at radius 2 is 1.69 bits per heavy atom. The first-order valence-electron chi connectivity index (χ1n) is 8.67. The van der Waals surface area contributed by atoms with Crippen LogP contribution in [0.2, 0.25) is 0 Å². The molecule has 2 unspecified atom stereocenters. The molecule has 5 nitrogen and oxygen atoms in total. The van der Waals surface area contributed by atoms with E-state index in [4.69, 9.17) is 4.74 Å². The van der Waals surface area contributed by atoms with Crippen LogP contribution in [-0.2, 0) is 16.0 Å². The van der Waals surface area contributed by atoms with Gasteiger partial charge in [0.05, 0.1) is 11.6 Å². The lowest BCUT2D eigenvalue weighted by atomic mass is 9.84. The number of hydrogen-bond donors (Lipinski definition) is 2. The van der Waals surface area contributed by atoms with Crippen LogP contribution in [0, 0.1) is 0 Å². The predicted octanol–water partition coefficient (Wildman–Crippen LogP) is 3.24. The lowest BCUT2D eigenvalue weighted by Crippen LogP contribution is -2.52. The maximum absolute atomic E-state index is 12.9. The van der Waals surface area contributed by atoms with Gasteiger partial charge in [-0.2, -0.15) is 0 Å². The fourth-order valence-electron chi connectivity index (χ4n) is 3.71. The van der Waals surface area contributed by atoms with Crippen molar-refractivity contribution in [1.29, 1.82) is 0 Å². The summed E-state index contributed by atoms with van der Waals surface area (Å²) >= 11 is 0. The number of ether oxygens (including phenoxy) is 1. The van der Waals surface area contributed by atoms with Crippen molar-refractivity contribution in [3.63, 3.8) is 0 Å². The third kappa shape index (κ3) is 3.08. The second-order valence-electron chi connectivity index (χ2n) is 7.01. The molecule has 0 spiro atoms. The van der Waals surface area contributed by atoms with E-state index in [1.807, 2.05) is 67.6 Å². The maximum atomic E-state index is 12.9. The number of carbonyl (C=O) groups excluding carboxylic acids is 2. The van der Waals surface area contributed by atoms with Gasteiger partial charge in [0.25, 0.3) is 0 Å². The first-order chi connectivity index (χ1) is 12.5. The molecule has 2 amide bonds. The van der Waals surface area contributed by atoms with Crippen molar-refractivity contribution in [2.75, 3.05) is 0 Å². The summed E-state index contributed by atoms with van der Waals surface area (Å²) in [5.41, 5.74) is 2.40. The van der Waals surface area contributed by atoms with Crippen LogP contribution in [0.25, 0.3) is 0 Å². The third-order valence-electron chi connectivity index (χ3n) is 4.82. The van der Waals surface area contributed by atoms with Gasteiger partial charge in [-0.05, 0) is 18.1 Å². The second kappa shape index (κ2) is 6.33. The summed E-state index contributed by atoms with van der Waals surface area (Å²) in [5, 5.41) is 5.65. The van der Waals surface area contributed by atoms with Crippen molar-refractivity contribution in [2.24, 2.45) is 0 Å². The summed E-state index contributed by atoms with van der Waals surface area (Å²) < 4.78 is 5.85. The van der Waals surface area contributed by atoms with Gasteiger partial charge in [-0.1, -0.05) is 60.7 Å². The van der Waals surface area contributed by atoms with Gasteiger partial charge in [0, 0.05) is 18.5 Å². The average molecular weight is 348 g/mol. The summed E-state index contributed by atoms with van der Waals surface area (Å²) in [6.45, 7) is 1.91. The molecular formula is C21H20N2O3. The highest BCUT2D eigenvalue weighted by molar-refractivity contribution is 5.96. The lowest BCUT2D eigenvalue weighted by molar-refractivity contribution is -0.156. The number of hydrogen-bond acceptors (Lipinski definition) is 3. The number of urea groups is 1. The minimum atomic E-state index is -0.691. The SMILES string of the molecule is CC1(Cc2ccccc2)CC2=C(C(=O)O1)C(c1ccccc1)NC(=O)N2. The van der Waals surface area contributed by atoms with Crippen molar-refractivity contribution in [3.05, 3.63) is 83.1 Å². The van der Waals surface area contributed by atoms with E-state index >= 15 is 0 Å². The van der Waals surface area contributed by atoms with Gasteiger partial charge in [0.15, 0.2) is 0 Å². The highest BCUT2D eigenvalue weighted by Crippen LogP contribution is 2.38. The van der Waals surface area contributed by atoms with E-state index in [9.17, 15) is 9.59 Å². The molecule has 2 aromatic rings. The molecular weight excluding hydrogens is 328 g/mol. The van der Waals surface area contributed by atoms with Crippen LogP contribution >= 0.6 is 0 Å². The molecule has 2 aliphatic rings. The highest BCUT2D eigenvalue weighted by atomic mass is 16.6. The molecule has 2 aromatic carbocycles. The summed E-state index contributed by atoms with van der Waals surface area (Å²) in [6.07, 6.45) is 1.06. The average Bonchev–Trinajstić information content (AvgIpc) is 2.61. The Bertz CT molecular complexity index is 877. The number of benzene rings is 2. The Hall–Kier alpha value is -3.08. The minimum absolute atomic E-state index is 0.297. The van der Waals surface area contributed by atoms with Crippen LogP contribution in [0.1, 0.15) is 30.5 Å². The van der Waals surface area contributed by atoms with Crippen molar-refractivity contribution in [3.8, 4) is 0 Å². The molecule has 0 aromatic heterocycles. The van der Waals surface area contributed by atoms with E-state index in [2.05, 4.69) is 10.6 Å². The molecule has 0 bridgehead atoms. The third-order valence-corrected chi connectivity index (χ3v) is 4.82. The van der Waals surface area contributed by atoms with Crippen molar-refractivity contribution in [1.82, 2.24) is 10.6 Å². The molecule has 2 aliphatic heterocycles. The minimum Gasteiger partial charge on any atom is -0.455 e. The lowest BCUT2D eigenvalue weighted by Gasteiger charge is -2.40. The number of nitrogens with one attached hydrogen (secondary N) is 2. The largest absolute Gasteiger partial charge is 0.455 e. The molecule has 132 valence electrons. The normalized spacial score (nSPS) is 25.0. The van der Waals surface area contributed by atoms with Gasteiger partial charge < -0.3 is 15.4 Å². The topological polar surface area (TPSA) is 67.4 Å². The van der Waals surface area contributed by atoms with Crippen LogP contribution in [-0.4, -0.2) is 17.6 Å². The van der Waals surface area contributed by atoms with Crippen LogP contribution in [0.5, 0.6) is 0 Å². The van der Waals surface area contributed by atoms with Crippen molar-refractivity contribution >= 4 is 12.0 Å². The molecule has 2 heterocycles. The number of cyclic esters (lactones) is 1.